The van der Waals surface area contributed by atoms with E-state index in [4.69, 9.17) is 9.15 Å². The summed E-state index contributed by atoms with van der Waals surface area (Å²) in [6.45, 7) is 12.4. The summed E-state index contributed by atoms with van der Waals surface area (Å²) in [5.74, 6) is 1.02. The molecule has 0 radical (unpaired) electrons. The second kappa shape index (κ2) is 9.38. The van der Waals surface area contributed by atoms with Crippen LogP contribution >= 0.6 is 0 Å². The highest BCUT2D eigenvalue weighted by Crippen LogP contribution is 2.32. The van der Waals surface area contributed by atoms with Gasteiger partial charge in [-0.25, -0.2) is 4.79 Å². The molecule has 0 aliphatic heterocycles. The molecule has 1 heterocycles. The van der Waals surface area contributed by atoms with Gasteiger partial charge in [0.1, 0.15) is 11.3 Å². The van der Waals surface area contributed by atoms with Crippen LogP contribution in [-0.2, 0) is 4.79 Å². The molecule has 1 N–H and O–H groups in total. The first kappa shape index (κ1) is 22.6. The Labute approximate surface area is 183 Å². The summed E-state index contributed by atoms with van der Waals surface area (Å²) in [6, 6.07) is 13.0. The van der Waals surface area contributed by atoms with Crippen LogP contribution in [0.2, 0.25) is 0 Å². The van der Waals surface area contributed by atoms with Crippen molar-refractivity contribution in [3.8, 4) is 5.75 Å². The van der Waals surface area contributed by atoms with E-state index < -0.39 is 5.63 Å². The van der Waals surface area contributed by atoms with E-state index in [9.17, 15) is 9.59 Å². The van der Waals surface area contributed by atoms with E-state index in [1.807, 2.05) is 38.1 Å². The Morgan fingerprint density at radius 1 is 0.903 bits per heavy atom. The Kier molecular flexibility index (Phi) is 6.84. The second-order valence-corrected chi connectivity index (χ2v) is 8.79. The van der Waals surface area contributed by atoms with Gasteiger partial charge in [-0.2, -0.15) is 0 Å². The number of hydrogen-bond acceptors (Lipinski definition) is 4. The number of amides is 1. The van der Waals surface area contributed by atoms with Crippen LogP contribution < -0.4 is 15.7 Å². The molecule has 5 nitrogen and oxygen atoms in total. The number of fused-ring (bicyclic) bond motifs is 1. The number of para-hydroxylation sites is 1. The summed E-state index contributed by atoms with van der Waals surface area (Å²) in [5, 5.41) is 3.92. The fourth-order valence-corrected chi connectivity index (χ4v) is 3.76. The molecule has 0 aliphatic carbocycles. The maximum absolute atomic E-state index is 12.7. The predicted molar refractivity (Wildman–Crippen MR) is 125 cm³/mol. The van der Waals surface area contributed by atoms with Crippen molar-refractivity contribution in [3.05, 3.63) is 69.6 Å². The van der Waals surface area contributed by atoms with Crippen molar-refractivity contribution in [1.29, 1.82) is 0 Å². The third kappa shape index (κ3) is 5.16. The monoisotopic (exact) mass is 421 g/mol. The summed E-state index contributed by atoms with van der Waals surface area (Å²) in [6.07, 6.45) is 0. The van der Waals surface area contributed by atoms with E-state index in [0.29, 0.717) is 11.3 Å². The van der Waals surface area contributed by atoms with Crippen molar-refractivity contribution < 1.29 is 13.9 Å². The lowest BCUT2D eigenvalue weighted by molar-refractivity contribution is -0.118. The first-order valence-corrected chi connectivity index (χ1v) is 10.8. The van der Waals surface area contributed by atoms with Gasteiger partial charge in [-0.15, -0.1) is 0 Å². The first-order valence-electron chi connectivity index (χ1n) is 10.8. The molecule has 5 heteroatoms. The Morgan fingerprint density at radius 2 is 1.52 bits per heavy atom. The number of benzene rings is 2. The Balaban J connectivity index is 1.79. The summed E-state index contributed by atoms with van der Waals surface area (Å²) in [7, 11) is 0. The van der Waals surface area contributed by atoms with Crippen molar-refractivity contribution in [2.45, 2.75) is 59.3 Å². The second-order valence-electron chi connectivity index (χ2n) is 8.79. The zero-order valence-corrected chi connectivity index (χ0v) is 19.1. The van der Waals surface area contributed by atoms with Crippen LogP contribution in [0.15, 0.2) is 51.7 Å². The van der Waals surface area contributed by atoms with Crippen molar-refractivity contribution >= 4 is 22.6 Å². The molecular formula is C26H31NO4. The zero-order valence-electron chi connectivity index (χ0n) is 19.1. The van der Waals surface area contributed by atoms with E-state index in [-0.39, 0.29) is 30.3 Å². The predicted octanol–water partition coefficient (Wildman–Crippen LogP) is 6.18. The average Bonchev–Trinajstić information content (AvgIpc) is 2.71. The number of hydrogen-bond donors (Lipinski definition) is 1. The lowest BCUT2D eigenvalue weighted by atomic mass is 9.92. The van der Waals surface area contributed by atoms with E-state index in [1.165, 1.54) is 6.07 Å². The van der Waals surface area contributed by atoms with Crippen LogP contribution in [0.3, 0.4) is 0 Å². The SMILES string of the molecule is CC(C)c1cccc(C(C)C)c1NC(=O)COc1ccc2c(C(C)C)cc(=O)oc2c1. The van der Waals surface area contributed by atoms with Gasteiger partial charge in [0.2, 0.25) is 0 Å². The van der Waals surface area contributed by atoms with E-state index in [0.717, 1.165) is 27.8 Å². The number of carbonyl (C=O) groups is 1. The molecule has 3 rings (SSSR count). The van der Waals surface area contributed by atoms with Crippen LogP contribution in [0.4, 0.5) is 5.69 Å². The van der Waals surface area contributed by atoms with Gasteiger partial charge in [-0.05, 0) is 46.6 Å². The largest absolute Gasteiger partial charge is 0.484 e. The molecule has 3 aromatic rings. The molecule has 0 atom stereocenters. The lowest BCUT2D eigenvalue weighted by Crippen LogP contribution is -2.22. The minimum absolute atomic E-state index is 0.135. The molecule has 0 fully saturated rings. The minimum atomic E-state index is -0.391. The highest BCUT2D eigenvalue weighted by molar-refractivity contribution is 5.94. The van der Waals surface area contributed by atoms with Crippen LogP contribution in [-0.4, -0.2) is 12.5 Å². The fraction of sp³-hybridized carbons (Fsp3) is 0.385. The molecule has 1 aromatic heterocycles. The third-order valence-corrected chi connectivity index (χ3v) is 5.38. The fourth-order valence-electron chi connectivity index (χ4n) is 3.76. The molecule has 0 aliphatic rings. The number of anilines is 1. The van der Waals surface area contributed by atoms with Crippen molar-refractivity contribution in [1.82, 2.24) is 0 Å². The summed E-state index contributed by atoms with van der Waals surface area (Å²) >= 11 is 0. The van der Waals surface area contributed by atoms with Gasteiger partial charge >= 0.3 is 5.63 Å². The van der Waals surface area contributed by atoms with Gasteiger partial charge in [-0.1, -0.05) is 59.7 Å². The van der Waals surface area contributed by atoms with Gasteiger partial charge < -0.3 is 14.5 Å². The van der Waals surface area contributed by atoms with Crippen molar-refractivity contribution in [2.24, 2.45) is 0 Å². The molecule has 31 heavy (non-hydrogen) atoms. The molecule has 164 valence electrons. The quantitative estimate of drug-likeness (QED) is 0.463. The van der Waals surface area contributed by atoms with Crippen LogP contribution in [0, 0.1) is 0 Å². The smallest absolute Gasteiger partial charge is 0.336 e. The standard InChI is InChI=1S/C26H31NO4/c1-15(2)19-8-7-9-20(16(3)4)26(19)27-24(28)14-30-18-10-11-21-22(17(5)6)13-25(29)31-23(21)12-18/h7-13,15-17H,14H2,1-6H3,(H,27,28). The molecule has 0 unspecified atom stereocenters. The Bertz CT molecular complexity index is 1120. The summed E-state index contributed by atoms with van der Waals surface area (Å²) < 4.78 is 11.1. The Hall–Kier alpha value is -3.08. The third-order valence-electron chi connectivity index (χ3n) is 5.38. The van der Waals surface area contributed by atoms with Gasteiger partial charge in [-0.3, -0.25) is 4.79 Å². The maximum atomic E-state index is 12.7. The molecule has 1 amide bonds. The van der Waals surface area contributed by atoms with Gasteiger partial charge in [0.05, 0.1) is 0 Å². The zero-order chi connectivity index (χ0) is 22.7. The van der Waals surface area contributed by atoms with Gasteiger partial charge in [0, 0.05) is 23.2 Å². The van der Waals surface area contributed by atoms with Crippen LogP contribution in [0.5, 0.6) is 5.75 Å². The van der Waals surface area contributed by atoms with E-state index >= 15 is 0 Å². The Morgan fingerprint density at radius 3 is 2.10 bits per heavy atom. The lowest BCUT2D eigenvalue weighted by Gasteiger charge is -2.20. The minimum Gasteiger partial charge on any atom is -0.484 e. The van der Waals surface area contributed by atoms with Crippen molar-refractivity contribution in [2.75, 3.05) is 11.9 Å². The van der Waals surface area contributed by atoms with Crippen molar-refractivity contribution in [3.63, 3.8) is 0 Å². The maximum Gasteiger partial charge on any atom is 0.336 e. The summed E-state index contributed by atoms with van der Waals surface area (Å²) in [5.41, 5.74) is 4.08. The van der Waals surface area contributed by atoms with Crippen LogP contribution in [0.1, 0.15) is 76.0 Å². The average molecular weight is 422 g/mol. The molecule has 0 bridgehead atoms. The van der Waals surface area contributed by atoms with E-state index in [1.54, 1.807) is 12.1 Å². The summed E-state index contributed by atoms with van der Waals surface area (Å²) in [4.78, 5) is 24.6. The normalized spacial score (nSPS) is 11.5. The van der Waals surface area contributed by atoms with Gasteiger partial charge in [0.25, 0.3) is 5.91 Å². The highest BCUT2D eigenvalue weighted by Gasteiger charge is 2.16. The number of rotatable bonds is 7. The van der Waals surface area contributed by atoms with E-state index in [2.05, 4.69) is 33.0 Å². The highest BCUT2D eigenvalue weighted by atomic mass is 16.5. The molecule has 0 saturated heterocycles. The molecule has 0 spiro atoms. The number of nitrogens with one attached hydrogen (secondary N) is 1. The molecular weight excluding hydrogens is 390 g/mol. The number of ether oxygens (including phenoxy) is 1. The topological polar surface area (TPSA) is 68.5 Å². The number of carbonyl (C=O) groups excluding carboxylic acids is 1. The van der Waals surface area contributed by atoms with Crippen LogP contribution in [0.25, 0.3) is 11.0 Å². The van der Waals surface area contributed by atoms with Gasteiger partial charge in [0.15, 0.2) is 6.61 Å². The molecule has 2 aromatic carbocycles. The first-order chi connectivity index (χ1) is 14.7. The molecule has 0 saturated carbocycles.